The molecule has 3 heterocycles. The van der Waals surface area contributed by atoms with Crippen molar-refractivity contribution < 1.29 is 14.0 Å². The van der Waals surface area contributed by atoms with Gasteiger partial charge in [0.2, 0.25) is 5.88 Å². The molecule has 0 saturated heterocycles. The molecule has 1 aliphatic carbocycles. The normalized spacial score (nSPS) is 17.9. The number of nitrogens with zero attached hydrogens (tertiary/aromatic N) is 4. The summed E-state index contributed by atoms with van der Waals surface area (Å²) in [6.45, 7) is 2.39. The van der Waals surface area contributed by atoms with E-state index in [0.717, 1.165) is 29.3 Å². The van der Waals surface area contributed by atoms with Gasteiger partial charge in [0, 0.05) is 42.3 Å². The van der Waals surface area contributed by atoms with Gasteiger partial charge in [-0.1, -0.05) is 5.16 Å². The summed E-state index contributed by atoms with van der Waals surface area (Å²) in [7, 11) is 3.27. The highest BCUT2D eigenvalue weighted by Gasteiger charge is 2.40. The molecule has 4 rings (SSSR count). The van der Waals surface area contributed by atoms with Crippen molar-refractivity contribution in [1.82, 2.24) is 19.9 Å². The van der Waals surface area contributed by atoms with Gasteiger partial charge in [0.05, 0.1) is 25.6 Å². The molecule has 0 radical (unpaired) electrons. The van der Waals surface area contributed by atoms with Gasteiger partial charge in [-0.25, -0.2) is 4.68 Å². The maximum absolute atomic E-state index is 12.4. The lowest BCUT2D eigenvalue weighted by Crippen LogP contribution is -2.24. The third-order valence-electron chi connectivity index (χ3n) is 5.18. The van der Waals surface area contributed by atoms with Crippen molar-refractivity contribution in [3.63, 3.8) is 0 Å². The molecule has 0 unspecified atom stereocenters. The minimum absolute atomic E-state index is 0.121. The number of pyridine rings is 1. The Hall–Kier alpha value is -3.16. The van der Waals surface area contributed by atoms with E-state index in [-0.39, 0.29) is 5.56 Å². The second kappa shape index (κ2) is 8.06. The Morgan fingerprint density at radius 1 is 1.28 bits per heavy atom. The predicted octanol–water partition coefficient (Wildman–Crippen LogP) is 2.45. The van der Waals surface area contributed by atoms with Crippen LogP contribution in [0.25, 0.3) is 0 Å². The molecule has 1 fully saturated rings. The molecule has 0 spiro atoms. The van der Waals surface area contributed by atoms with Crippen molar-refractivity contribution in [2.24, 2.45) is 13.0 Å². The van der Waals surface area contributed by atoms with Crippen LogP contribution in [0.15, 0.2) is 39.8 Å². The van der Waals surface area contributed by atoms with E-state index in [1.165, 1.54) is 4.68 Å². The molecule has 0 bridgehead atoms. The number of methoxy groups -OCH3 is 1. The fourth-order valence-electron chi connectivity index (χ4n) is 3.41. The van der Waals surface area contributed by atoms with Crippen LogP contribution in [0, 0.1) is 12.8 Å². The number of rotatable bonds is 8. The highest BCUT2D eigenvalue weighted by molar-refractivity contribution is 5.25. The highest BCUT2D eigenvalue weighted by Crippen LogP contribution is 2.46. The largest absolute Gasteiger partial charge is 0.495 e. The monoisotopic (exact) mass is 396 g/mol. The lowest BCUT2D eigenvalue weighted by Gasteiger charge is -2.09. The van der Waals surface area contributed by atoms with E-state index in [0.29, 0.717) is 42.7 Å². The van der Waals surface area contributed by atoms with Gasteiger partial charge in [0.15, 0.2) is 0 Å². The molecule has 3 aromatic rings. The summed E-state index contributed by atoms with van der Waals surface area (Å²) >= 11 is 0. The number of aromatic nitrogens is 4. The van der Waals surface area contributed by atoms with Crippen LogP contribution >= 0.6 is 0 Å². The number of aryl methyl sites for hydroxylation is 4. The van der Waals surface area contributed by atoms with E-state index in [9.17, 15) is 4.79 Å². The summed E-state index contributed by atoms with van der Waals surface area (Å²) in [4.78, 5) is 16.8. The standard InChI is InChI=1S/C21H24N4O4/c1-13-8-16(24-29-13)5-4-14-10-20(23-25(2)21(14)26)28-12-15-9-18(15)19-7-6-17(27-3)11-22-19/h6-8,10-11,15,18H,4-5,9,12H2,1-3H3/t15-,18+/m1/s1. The maximum atomic E-state index is 12.4. The first-order valence-electron chi connectivity index (χ1n) is 9.65. The Labute approximate surface area is 168 Å². The van der Waals surface area contributed by atoms with Crippen molar-refractivity contribution in [1.29, 1.82) is 0 Å². The summed E-state index contributed by atoms with van der Waals surface area (Å²) in [5.74, 6) is 2.77. The van der Waals surface area contributed by atoms with Crippen molar-refractivity contribution in [3.8, 4) is 11.6 Å². The average Bonchev–Trinajstić information content (AvgIpc) is 3.39. The third kappa shape index (κ3) is 4.47. The number of hydrogen-bond acceptors (Lipinski definition) is 7. The van der Waals surface area contributed by atoms with Gasteiger partial charge in [-0.3, -0.25) is 9.78 Å². The fourth-order valence-corrected chi connectivity index (χ4v) is 3.41. The predicted molar refractivity (Wildman–Crippen MR) is 105 cm³/mol. The Balaban J connectivity index is 1.36. The summed E-state index contributed by atoms with van der Waals surface area (Å²) in [5, 5.41) is 8.20. The maximum Gasteiger partial charge on any atom is 0.269 e. The lowest BCUT2D eigenvalue weighted by molar-refractivity contribution is 0.277. The molecule has 3 aromatic heterocycles. The Bertz CT molecular complexity index is 1040. The van der Waals surface area contributed by atoms with E-state index < -0.39 is 0 Å². The van der Waals surface area contributed by atoms with Gasteiger partial charge in [-0.05, 0) is 38.3 Å². The van der Waals surface area contributed by atoms with Crippen LogP contribution in [0.2, 0.25) is 0 Å². The van der Waals surface area contributed by atoms with Crippen LogP contribution in [-0.2, 0) is 19.9 Å². The van der Waals surface area contributed by atoms with Gasteiger partial charge < -0.3 is 14.0 Å². The highest BCUT2D eigenvalue weighted by atomic mass is 16.5. The molecule has 1 aliphatic rings. The summed E-state index contributed by atoms with van der Waals surface area (Å²) in [6.07, 6.45) is 3.95. The zero-order valence-electron chi connectivity index (χ0n) is 16.8. The minimum atomic E-state index is -0.121. The van der Waals surface area contributed by atoms with Crippen molar-refractivity contribution >= 4 is 0 Å². The molecule has 152 valence electrons. The third-order valence-corrected chi connectivity index (χ3v) is 5.18. The van der Waals surface area contributed by atoms with E-state index in [4.69, 9.17) is 14.0 Å². The van der Waals surface area contributed by atoms with Gasteiger partial charge in [0.25, 0.3) is 5.56 Å². The van der Waals surface area contributed by atoms with Gasteiger partial charge >= 0.3 is 0 Å². The Morgan fingerprint density at radius 2 is 2.14 bits per heavy atom. The Kier molecular flexibility index (Phi) is 5.33. The lowest BCUT2D eigenvalue weighted by atomic mass is 10.1. The molecule has 2 atom stereocenters. The van der Waals surface area contributed by atoms with E-state index in [1.54, 1.807) is 26.4 Å². The molecule has 0 N–H and O–H groups in total. The smallest absolute Gasteiger partial charge is 0.269 e. The first kappa shape index (κ1) is 19.2. The average molecular weight is 396 g/mol. The van der Waals surface area contributed by atoms with Crippen LogP contribution < -0.4 is 15.0 Å². The first-order chi connectivity index (χ1) is 14.0. The summed E-state index contributed by atoms with van der Waals surface area (Å²) in [5.41, 5.74) is 2.42. The van der Waals surface area contributed by atoms with Crippen LogP contribution in [-0.4, -0.2) is 33.6 Å². The number of hydrogen-bond donors (Lipinski definition) is 0. The van der Waals surface area contributed by atoms with Gasteiger partial charge in [-0.15, -0.1) is 5.10 Å². The molecule has 0 aromatic carbocycles. The quantitative estimate of drug-likeness (QED) is 0.577. The van der Waals surface area contributed by atoms with Gasteiger partial charge in [-0.2, -0.15) is 0 Å². The second-order valence-corrected chi connectivity index (χ2v) is 7.40. The molecule has 1 saturated carbocycles. The topological polar surface area (TPSA) is 92.3 Å². The zero-order chi connectivity index (χ0) is 20.4. The van der Waals surface area contributed by atoms with Crippen LogP contribution in [0.1, 0.15) is 35.1 Å². The summed E-state index contributed by atoms with van der Waals surface area (Å²) < 4.78 is 17.5. The number of ether oxygens (including phenoxy) is 2. The Morgan fingerprint density at radius 3 is 2.83 bits per heavy atom. The van der Waals surface area contributed by atoms with E-state index in [2.05, 4.69) is 15.2 Å². The van der Waals surface area contributed by atoms with Crippen LogP contribution in [0.3, 0.4) is 0 Å². The molecule has 0 aliphatic heterocycles. The molecular formula is C21H24N4O4. The molecular weight excluding hydrogens is 372 g/mol. The van der Waals surface area contributed by atoms with E-state index >= 15 is 0 Å². The van der Waals surface area contributed by atoms with Crippen molar-refractivity contribution in [2.75, 3.05) is 13.7 Å². The van der Waals surface area contributed by atoms with Crippen LogP contribution in [0.5, 0.6) is 11.6 Å². The second-order valence-electron chi connectivity index (χ2n) is 7.40. The van der Waals surface area contributed by atoms with Crippen molar-refractivity contribution in [2.45, 2.75) is 32.1 Å². The summed E-state index contributed by atoms with van der Waals surface area (Å²) in [6, 6.07) is 7.54. The van der Waals surface area contributed by atoms with Crippen molar-refractivity contribution in [3.05, 3.63) is 63.5 Å². The molecule has 29 heavy (non-hydrogen) atoms. The fraction of sp³-hybridized carbons (Fsp3) is 0.429. The van der Waals surface area contributed by atoms with Crippen LogP contribution in [0.4, 0.5) is 0 Å². The molecule has 8 heteroatoms. The van der Waals surface area contributed by atoms with Gasteiger partial charge in [0.1, 0.15) is 11.5 Å². The molecule has 0 amide bonds. The molecule has 8 nitrogen and oxygen atoms in total. The zero-order valence-corrected chi connectivity index (χ0v) is 16.8. The first-order valence-corrected chi connectivity index (χ1v) is 9.65. The minimum Gasteiger partial charge on any atom is -0.495 e. The SMILES string of the molecule is COc1ccc([C@H]2C[C@@H]2COc2cc(CCc3cc(C)on3)c(=O)n(C)n2)nc1. The van der Waals surface area contributed by atoms with E-state index in [1.807, 2.05) is 25.1 Å².